The molecule has 2 amide bonds. The fourth-order valence-corrected chi connectivity index (χ4v) is 3.24. The third-order valence-electron chi connectivity index (χ3n) is 4.49. The summed E-state index contributed by atoms with van der Waals surface area (Å²) >= 11 is 5.95. The molecule has 0 radical (unpaired) electrons. The molecular weight excluding hydrogens is 336 g/mol. The number of amides is 2. The Morgan fingerprint density at radius 2 is 2.08 bits per heavy atom. The molecule has 136 valence electrons. The lowest BCUT2D eigenvalue weighted by Crippen LogP contribution is -2.40. The highest BCUT2D eigenvalue weighted by Crippen LogP contribution is 2.20. The summed E-state index contributed by atoms with van der Waals surface area (Å²) in [5.74, 6) is -0.170. The SMILES string of the molecule is CC(=O)N(CCC1=CCCCC1)CC(=O)NCCc1cccc(Cl)c1. The van der Waals surface area contributed by atoms with E-state index in [4.69, 9.17) is 11.6 Å². The standard InChI is InChI=1S/C20H27ClN2O2/c1-16(24)23(13-11-17-6-3-2-4-7-17)15-20(25)22-12-10-18-8-5-9-19(21)14-18/h5-6,8-9,14H,2-4,7,10-13,15H2,1H3,(H,22,25). The van der Waals surface area contributed by atoms with Crippen molar-refractivity contribution in [2.75, 3.05) is 19.6 Å². The topological polar surface area (TPSA) is 49.4 Å². The highest BCUT2D eigenvalue weighted by molar-refractivity contribution is 6.30. The van der Waals surface area contributed by atoms with Crippen molar-refractivity contribution < 1.29 is 9.59 Å². The van der Waals surface area contributed by atoms with Gasteiger partial charge in [-0.15, -0.1) is 0 Å². The Balaban J connectivity index is 1.73. The van der Waals surface area contributed by atoms with Crippen LogP contribution in [0.2, 0.25) is 5.02 Å². The van der Waals surface area contributed by atoms with Crippen LogP contribution in [-0.4, -0.2) is 36.3 Å². The molecule has 0 bridgehead atoms. The minimum atomic E-state index is -0.116. The summed E-state index contributed by atoms with van der Waals surface area (Å²) in [5, 5.41) is 3.58. The van der Waals surface area contributed by atoms with Crippen LogP contribution in [0, 0.1) is 0 Å². The first-order valence-corrected chi connectivity index (χ1v) is 9.37. The molecule has 2 rings (SSSR count). The fraction of sp³-hybridized carbons (Fsp3) is 0.500. The van der Waals surface area contributed by atoms with Gasteiger partial charge in [-0.3, -0.25) is 9.59 Å². The summed E-state index contributed by atoms with van der Waals surface area (Å²) in [6.45, 7) is 2.80. The van der Waals surface area contributed by atoms with Crippen LogP contribution in [0.1, 0.15) is 44.6 Å². The van der Waals surface area contributed by atoms with Crippen LogP contribution >= 0.6 is 11.6 Å². The minimum Gasteiger partial charge on any atom is -0.354 e. The largest absolute Gasteiger partial charge is 0.354 e. The van der Waals surface area contributed by atoms with E-state index in [0.29, 0.717) is 18.1 Å². The maximum absolute atomic E-state index is 12.1. The lowest BCUT2D eigenvalue weighted by Gasteiger charge is -2.22. The predicted molar refractivity (Wildman–Crippen MR) is 102 cm³/mol. The van der Waals surface area contributed by atoms with Gasteiger partial charge in [0, 0.05) is 25.0 Å². The average molecular weight is 363 g/mol. The predicted octanol–water partition coefficient (Wildman–Crippen LogP) is 3.74. The highest BCUT2D eigenvalue weighted by Gasteiger charge is 2.14. The summed E-state index contributed by atoms with van der Waals surface area (Å²) in [4.78, 5) is 25.5. The Hall–Kier alpha value is -1.81. The molecule has 0 aromatic heterocycles. The number of hydrogen-bond donors (Lipinski definition) is 1. The van der Waals surface area contributed by atoms with Gasteiger partial charge in [0.15, 0.2) is 0 Å². The van der Waals surface area contributed by atoms with Crippen LogP contribution in [0.4, 0.5) is 0 Å². The molecule has 1 aliphatic carbocycles. The van der Waals surface area contributed by atoms with Gasteiger partial charge in [0.2, 0.25) is 11.8 Å². The molecule has 0 atom stereocenters. The van der Waals surface area contributed by atoms with Crippen molar-refractivity contribution in [3.8, 4) is 0 Å². The molecule has 1 aromatic rings. The van der Waals surface area contributed by atoms with E-state index in [0.717, 1.165) is 31.2 Å². The van der Waals surface area contributed by atoms with Crippen molar-refractivity contribution in [3.05, 3.63) is 46.5 Å². The molecule has 0 aliphatic heterocycles. The van der Waals surface area contributed by atoms with Crippen molar-refractivity contribution in [3.63, 3.8) is 0 Å². The number of benzene rings is 1. The van der Waals surface area contributed by atoms with E-state index >= 15 is 0 Å². The van der Waals surface area contributed by atoms with Crippen LogP contribution in [0.3, 0.4) is 0 Å². The molecule has 0 heterocycles. The summed E-state index contributed by atoms with van der Waals surface area (Å²) in [6.07, 6.45) is 8.63. The molecule has 1 aliphatic rings. The number of halogens is 1. The van der Waals surface area contributed by atoms with Crippen molar-refractivity contribution >= 4 is 23.4 Å². The zero-order valence-electron chi connectivity index (χ0n) is 14.9. The summed E-state index contributed by atoms with van der Waals surface area (Å²) in [7, 11) is 0. The maximum atomic E-state index is 12.1. The fourth-order valence-electron chi connectivity index (χ4n) is 3.03. The van der Waals surface area contributed by atoms with Gasteiger partial charge < -0.3 is 10.2 Å². The number of allylic oxidation sites excluding steroid dienone is 1. The molecule has 0 unspecified atom stereocenters. The van der Waals surface area contributed by atoms with E-state index in [1.807, 2.05) is 24.3 Å². The van der Waals surface area contributed by atoms with Crippen LogP contribution in [-0.2, 0) is 16.0 Å². The first-order chi connectivity index (χ1) is 12.0. The molecule has 0 saturated carbocycles. The van der Waals surface area contributed by atoms with E-state index in [9.17, 15) is 9.59 Å². The van der Waals surface area contributed by atoms with Crippen molar-refractivity contribution in [1.82, 2.24) is 10.2 Å². The molecule has 25 heavy (non-hydrogen) atoms. The number of carbonyl (C=O) groups excluding carboxylic acids is 2. The summed E-state index contributed by atoms with van der Waals surface area (Å²) < 4.78 is 0. The molecule has 1 aromatic carbocycles. The lowest BCUT2D eigenvalue weighted by molar-refractivity contribution is -0.134. The molecule has 0 fully saturated rings. The number of rotatable bonds is 8. The van der Waals surface area contributed by atoms with Gasteiger partial charge in [-0.2, -0.15) is 0 Å². The molecule has 0 spiro atoms. The monoisotopic (exact) mass is 362 g/mol. The van der Waals surface area contributed by atoms with Gasteiger partial charge >= 0.3 is 0 Å². The van der Waals surface area contributed by atoms with Gasteiger partial charge in [-0.05, 0) is 56.2 Å². The zero-order chi connectivity index (χ0) is 18.1. The second-order valence-corrected chi connectivity index (χ2v) is 6.97. The quantitative estimate of drug-likeness (QED) is 0.716. The number of nitrogens with zero attached hydrogens (tertiary/aromatic N) is 1. The van der Waals surface area contributed by atoms with Crippen LogP contribution in [0.25, 0.3) is 0 Å². The number of carbonyl (C=O) groups is 2. The smallest absolute Gasteiger partial charge is 0.239 e. The normalized spacial score (nSPS) is 13.9. The van der Waals surface area contributed by atoms with Gasteiger partial charge in [-0.25, -0.2) is 0 Å². The third kappa shape index (κ3) is 7.30. The number of hydrogen-bond acceptors (Lipinski definition) is 2. The Morgan fingerprint density at radius 3 is 2.76 bits per heavy atom. The second kappa shape index (κ2) is 10.2. The van der Waals surface area contributed by atoms with Crippen LogP contribution in [0.5, 0.6) is 0 Å². The van der Waals surface area contributed by atoms with E-state index in [1.165, 1.54) is 25.3 Å². The van der Waals surface area contributed by atoms with E-state index < -0.39 is 0 Å². The second-order valence-electron chi connectivity index (χ2n) is 6.53. The highest BCUT2D eigenvalue weighted by atomic mass is 35.5. The van der Waals surface area contributed by atoms with E-state index in [1.54, 1.807) is 4.90 Å². The Kier molecular flexibility index (Phi) is 7.99. The maximum Gasteiger partial charge on any atom is 0.239 e. The summed E-state index contributed by atoms with van der Waals surface area (Å²) in [5.41, 5.74) is 2.50. The van der Waals surface area contributed by atoms with Gasteiger partial charge in [0.25, 0.3) is 0 Å². The van der Waals surface area contributed by atoms with Crippen molar-refractivity contribution in [2.45, 2.75) is 45.4 Å². The third-order valence-corrected chi connectivity index (χ3v) is 4.73. The average Bonchev–Trinajstić information content (AvgIpc) is 2.59. The zero-order valence-corrected chi connectivity index (χ0v) is 15.6. The van der Waals surface area contributed by atoms with Crippen molar-refractivity contribution in [1.29, 1.82) is 0 Å². The Bertz CT molecular complexity index is 628. The first kappa shape index (κ1) is 19.5. The molecule has 4 nitrogen and oxygen atoms in total. The first-order valence-electron chi connectivity index (χ1n) is 8.99. The van der Waals surface area contributed by atoms with Crippen molar-refractivity contribution in [2.24, 2.45) is 0 Å². The Morgan fingerprint density at radius 1 is 1.24 bits per heavy atom. The van der Waals surface area contributed by atoms with Crippen LogP contribution in [0.15, 0.2) is 35.9 Å². The number of nitrogens with one attached hydrogen (secondary N) is 1. The van der Waals surface area contributed by atoms with Gasteiger partial charge in [0.05, 0.1) is 6.54 Å². The molecule has 1 N–H and O–H groups in total. The van der Waals surface area contributed by atoms with Crippen LogP contribution < -0.4 is 5.32 Å². The molecular formula is C20H27ClN2O2. The molecule has 5 heteroatoms. The molecule has 0 saturated heterocycles. The van der Waals surface area contributed by atoms with Gasteiger partial charge in [-0.1, -0.05) is 35.4 Å². The lowest BCUT2D eigenvalue weighted by atomic mass is 9.97. The van der Waals surface area contributed by atoms with Gasteiger partial charge in [0.1, 0.15) is 0 Å². The summed E-state index contributed by atoms with van der Waals surface area (Å²) in [6, 6.07) is 7.61. The van der Waals surface area contributed by atoms with E-state index in [-0.39, 0.29) is 18.4 Å². The minimum absolute atomic E-state index is 0.0543. The Labute approximate surface area is 155 Å². The van der Waals surface area contributed by atoms with E-state index in [2.05, 4.69) is 11.4 Å².